The summed E-state index contributed by atoms with van der Waals surface area (Å²) < 4.78 is 19.3. The van der Waals surface area contributed by atoms with Crippen molar-refractivity contribution in [2.45, 2.75) is 46.1 Å². The van der Waals surface area contributed by atoms with E-state index in [1.165, 1.54) is 0 Å². The van der Waals surface area contributed by atoms with Gasteiger partial charge in [0, 0.05) is 24.8 Å². The van der Waals surface area contributed by atoms with Crippen LogP contribution in [-0.4, -0.2) is 19.8 Å². The second-order valence-corrected chi connectivity index (χ2v) is 4.87. The minimum absolute atomic E-state index is 0.0836. The second-order valence-electron chi connectivity index (χ2n) is 4.87. The number of nitrogens with one attached hydrogen (secondary N) is 1. The molecule has 1 N–H and O–H groups in total. The molecule has 0 aliphatic heterocycles. The van der Waals surface area contributed by atoms with E-state index < -0.39 is 0 Å². The molecule has 0 heterocycles. The van der Waals surface area contributed by atoms with Crippen LogP contribution in [0.5, 0.6) is 0 Å². The summed E-state index contributed by atoms with van der Waals surface area (Å²) in [5.74, 6) is -0.115. The van der Waals surface area contributed by atoms with Gasteiger partial charge in [-0.3, -0.25) is 0 Å². The Labute approximate surface area is 116 Å². The van der Waals surface area contributed by atoms with Crippen LogP contribution in [0.1, 0.15) is 50.3 Å². The van der Waals surface area contributed by atoms with Crippen molar-refractivity contribution in [3.05, 3.63) is 35.1 Å². The number of halogens is 1. The molecule has 0 aromatic heterocycles. The molecule has 0 fully saturated rings. The molecule has 0 radical (unpaired) electrons. The summed E-state index contributed by atoms with van der Waals surface area (Å²) in [6, 6.07) is 5.41. The third-order valence-electron chi connectivity index (χ3n) is 3.15. The Kier molecular flexibility index (Phi) is 7.68. The van der Waals surface area contributed by atoms with Gasteiger partial charge in [0.25, 0.3) is 0 Å². The Morgan fingerprint density at radius 3 is 2.79 bits per heavy atom. The summed E-state index contributed by atoms with van der Waals surface area (Å²) in [5.41, 5.74) is 1.88. The number of benzene rings is 1. The monoisotopic (exact) mass is 267 g/mol. The normalized spacial score (nSPS) is 12.6. The topological polar surface area (TPSA) is 21.3 Å². The van der Waals surface area contributed by atoms with Crippen LogP contribution in [0.4, 0.5) is 4.39 Å². The van der Waals surface area contributed by atoms with Crippen LogP contribution >= 0.6 is 0 Å². The summed E-state index contributed by atoms with van der Waals surface area (Å²) in [7, 11) is 0. The van der Waals surface area contributed by atoms with E-state index in [1.807, 2.05) is 26.0 Å². The molecule has 1 aromatic rings. The van der Waals surface area contributed by atoms with E-state index in [0.717, 1.165) is 50.1 Å². The molecule has 0 aliphatic rings. The zero-order valence-corrected chi connectivity index (χ0v) is 12.3. The van der Waals surface area contributed by atoms with Gasteiger partial charge in [-0.25, -0.2) is 4.39 Å². The molecule has 1 atom stereocenters. The van der Waals surface area contributed by atoms with Gasteiger partial charge in [0.15, 0.2) is 0 Å². The zero-order chi connectivity index (χ0) is 14.1. The third kappa shape index (κ3) is 5.70. The van der Waals surface area contributed by atoms with E-state index in [1.54, 1.807) is 6.07 Å². The summed E-state index contributed by atoms with van der Waals surface area (Å²) in [6.45, 7) is 8.51. The predicted octanol–water partition coefficient (Wildman–Crippen LogP) is 3.99. The Balaban J connectivity index is 2.68. The first kappa shape index (κ1) is 16.1. The first-order chi connectivity index (χ1) is 9.19. The molecule has 1 rings (SSSR count). The van der Waals surface area contributed by atoms with Crippen LogP contribution < -0.4 is 5.32 Å². The third-order valence-corrected chi connectivity index (χ3v) is 3.15. The van der Waals surface area contributed by atoms with Crippen molar-refractivity contribution in [1.82, 2.24) is 5.32 Å². The Bertz CT molecular complexity index is 368. The Morgan fingerprint density at radius 2 is 2.11 bits per heavy atom. The van der Waals surface area contributed by atoms with Crippen molar-refractivity contribution < 1.29 is 9.13 Å². The SMILES string of the molecule is CCCNC(CCCOCC)c1cc(C)ccc1F. The molecule has 108 valence electrons. The lowest BCUT2D eigenvalue weighted by molar-refractivity contribution is 0.140. The van der Waals surface area contributed by atoms with Gasteiger partial charge in [0.2, 0.25) is 0 Å². The maximum atomic E-state index is 14.0. The highest BCUT2D eigenvalue weighted by Crippen LogP contribution is 2.23. The first-order valence-corrected chi connectivity index (χ1v) is 7.26. The Hall–Kier alpha value is -0.930. The average Bonchev–Trinajstić information content (AvgIpc) is 2.41. The van der Waals surface area contributed by atoms with Crippen LogP contribution in [0.25, 0.3) is 0 Å². The number of ether oxygens (including phenoxy) is 1. The Morgan fingerprint density at radius 1 is 1.32 bits per heavy atom. The van der Waals surface area contributed by atoms with Crippen molar-refractivity contribution in [1.29, 1.82) is 0 Å². The molecule has 0 amide bonds. The van der Waals surface area contributed by atoms with Gasteiger partial charge >= 0.3 is 0 Å². The lowest BCUT2D eigenvalue weighted by Crippen LogP contribution is -2.23. The number of hydrogen-bond donors (Lipinski definition) is 1. The standard InChI is InChI=1S/C16H26FNO/c1-4-10-18-16(7-6-11-19-5-2)14-12-13(3)8-9-15(14)17/h8-9,12,16,18H,4-7,10-11H2,1-3H3. The van der Waals surface area contributed by atoms with Crippen molar-refractivity contribution in [3.63, 3.8) is 0 Å². The lowest BCUT2D eigenvalue weighted by atomic mass is 9.99. The van der Waals surface area contributed by atoms with Crippen molar-refractivity contribution in [2.24, 2.45) is 0 Å². The highest BCUT2D eigenvalue weighted by atomic mass is 19.1. The van der Waals surface area contributed by atoms with E-state index in [4.69, 9.17) is 4.74 Å². The van der Waals surface area contributed by atoms with Crippen LogP contribution in [0.3, 0.4) is 0 Å². The fraction of sp³-hybridized carbons (Fsp3) is 0.625. The molecule has 3 heteroatoms. The highest BCUT2D eigenvalue weighted by molar-refractivity contribution is 5.26. The predicted molar refractivity (Wildman–Crippen MR) is 77.9 cm³/mol. The largest absolute Gasteiger partial charge is 0.382 e. The van der Waals surface area contributed by atoms with E-state index in [-0.39, 0.29) is 11.9 Å². The van der Waals surface area contributed by atoms with Crippen LogP contribution in [0.2, 0.25) is 0 Å². The summed E-state index contributed by atoms with van der Waals surface area (Å²) >= 11 is 0. The van der Waals surface area contributed by atoms with E-state index in [9.17, 15) is 4.39 Å². The van der Waals surface area contributed by atoms with E-state index in [2.05, 4.69) is 12.2 Å². The van der Waals surface area contributed by atoms with Crippen molar-refractivity contribution >= 4 is 0 Å². The van der Waals surface area contributed by atoms with E-state index in [0.29, 0.717) is 0 Å². The molecule has 2 nitrogen and oxygen atoms in total. The van der Waals surface area contributed by atoms with Gasteiger partial charge in [0.05, 0.1) is 0 Å². The molecule has 0 spiro atoms. The minimum atomic E-state index is -0.115. The lowest BCUT2D eigenvalue weighted by Gasteiger charge is -2.20. The molecular formula is C16H26FNO. The van der Waals surface area contributed by atoms with Gasteiger partial charge in [-0.15, -0.1) is 0 Å². The molecule has 0 aliphatic carbocycles. The molecule has 0 saturated heterocycles. The average molecular weight is 267 g/mol. The maximum Gasteiger partial charge on any atom is 0.127 e. The van der Waals surface area contributed by atoms with E-state index >= 15 is 0 Å². The molecule has 19 heavy (non-hydrogen) atoms. The molecule has 1 aromatic carbocycles. The summed E-state index contributed by atoms with van der Waals surface area (Å²) in [5, 5.41) is 3.44. The van der Waals surface area contributed by atoms with Gasteiger partial charge in [-0.05, 0) is 45.7 Å². The van der Waals surface area contributed by atoms with Gasteiger partial charge in [-0.2, -0.15) is 0 Å². The first-order valence-electron chi connectivity index (χ1n) is 7.26. The zero-order valence-electron chi connectivity index (χ0n) is 12.3. The molecule has 1 unspecified atom stereocenters. The van der Waals surface area contributed by atoms with Crippen molar-refractivity contribution in [2.75, 3.05) is 19.8 Å². The van der Waals surface area contributed by atoms with Crippen LogP contribution in [0.15, 0.2) is 18.2 Å². The smallest absolute Gasteiger partial charge is 0.127 e. The maximum absolute atomic E-state index is 14.0. The van der Waals surface area contributed by atoms with Gasteiger partial charge in [-0.1, -0.05) is 24.6 Å². The van der Waals surface area contributed by atoms with Crippen LogP contribution in [0, 0.1) is 12.7 Å². The number of hydrogen-bond acceptors (Lipinski definition) is 2. The fourth-order valence-electron chi connectivity index (χ4n) is 2.15. The summed E-state index contributed by atoms with van der Waals surface area (Å²) in [4.78, 5) is 0. The molecular weight excluding hydrogens is 241 g/mol. The number of rotatable bonds is 9. The second kappa shape index (κ2) is 9.05. The van der Waals surface area contributed by atoms with Gasteiger partial charge in [0.1, 0.15) is 5.82 Å². The number of aryl methyl sites for hydroxylation is 1. The quantitative estimate of drug-likeness (QED) is 0.683. The summed E-state index contributed by atoms with van der Waals surface area (Å²) in [6.07, 6.45) is 2.90. The van der Waals surface area contributed by atoms with Gasteiger partial charge < -0.3 is 10.1 Å². The van der Waals surface area contributed by atoms with Crippen LogP contribution in [-0.2, 0) is 4.74 Å². The highest BCUT2D eigenvalue weighted by Gasteiger charge is 2.14. The minimum Gasteiger partial charge on any atom is -0.382 e. The fourth-order valence-corrected chi connectivity index (χ4v) is 2.15. The molecule has 0 saturated carbocycles. The van der Waals surface area contributed by atoms with Crippen molar-refractivity contribution in [3.8, 4) is 0 Å². The molecule has 0 bridgehead atoms.